The van der Waals surface area contributed by atoms with Gasteiger partial charge in [0.2, 0.25) is 0 Å². The number of rotatable bonds is 5. The average molecular weight is 310 g/mol. The van der Waals surface area contributed by atoms with E-state index in [-0.39, 0.29) is 11.9 Å². The van der Waals surface area contributed by atoms with Gasteiger partial charge in [0.15, 0.2) is 0 Å². The summed E-state index contributed by atoms with van der Waals surface area (Å²) < 4.78 is 0. The lowest BCUT2D eigenvalue weighted by Gasteiger charge is -2.27. The molecular formula is C17H30N2O3. The van der Waals surface area contributed by atoms with Crippen molar-refractivity contribution in [2.45, 2.75) is 47.0 Å². The van der Waals surface area contributed by atoms with E-state index in [0.29, 0.717) is 43.8 Å². The van der Waals surface area contributed by atoms with Crippen LogP contribution in [0, 0.1) is 29.1 Å². The number of carboxylic acid groups (broad SMARTS) is 1. The van der Waals surface area contributed by atoms with Crippen LogP contribution in [-0.2, 0) is 4.79 Å². The van der Waals surface area contributed by atoms with Gasteiger partial charge in [-0.15, -0.1) is 0 Å². The van der Waals surface area contributed by atoms with Crippen LogP contribution in [-0.4, -0.2) is 41.6 Å². The molecule has 0 spiro atoms. The fourth-order valence-electron chi connectivity index (χ4n) is 4.35. The van der Waals surface area contributed by atoms with E-state index in [9.17, 15) is 14.7 Å². The van der Waals surface area contributed by atoms with Crippen LogP contribution in [0.5, 0.6) is 0 Å². The molecule has 2 fully saturated rings. The maximum absolute atomic E-state index is 12.4. The van der Waals surface area contributed by atoms with E-state index in [2.05, 4.69) is 33.0 Å². The second-order valence-corrected chi connectivity index (χ2v) is 7.77. The Kier molecular flexibility index (Phi) is 5.03. The second-order valence-electron chi connectivity index (χ2n) is 7.77. The minimum Gasteiger partial charge on any atom is -0.481 e. The molecule has 2 N–H and O–H groups in total. The van der Waals surface area contributed by atoms with Gasteiger partial charge in [-0.1, -0.05) is 34.1 Å². The Hall–Kier alpha value is -1.26. The third-order valence-corrected chi connectivity index (χ3v) is 5.79. The first-order chi connectivity index (χ1) is 10.3. The van der Waals surface area contributed by atoms with Gasteiger partial charge in [0, 0.05) is 19.6 Å². The Morgan fingerprint density at radius 2 is 1.91 bits per heavy atom. The number of hydrogen-bond donors (Lipinski definition) is 2. The predicted molar refractivity (Wildman–Crippen MR) is 85.5 cm³/mol. The molecule has 1 saturated heterocycles. The number of carbonyl (C=O) groups excluding carboxylic acids is 1. The van der Waals surface area contributed by atoms with Crippen molar-refractivity contribution in [1.29, 1.82) is 0 Å². The van der Waals surface area contributed by atoms with Crippen LogP contribution in [0.4, 0.5) is 4.79 Å². The van der Waals surface area contributed by atoms with Crippen molar-refractivity contribution in [2.75, 3.05) is 19.6 Å². The van der Waals surface area contributed by atoms with E-state index in [1.807, 2.05) is 0 Å². The fourth-order valence-corrected chi connectivity index (χ4v) is 4.35. The summed E-state index contributed by atoms with van der Waals surface area (Å²) in [5.74, 6) is 0.876. The lowest BCUT2D eigenvalue weighted by molar-refractivity contribution is -0.149. The molecule has 5 heteroatoms. The number of nitrogens with zero attached hydrogens (tertiary/aromatic N) is 1. The molecule has 1 heterocycles. The summed E-state index contributed by atoms with van der Waals surface area (Å²) in [7, 11) is 0. The molecular weight excluding hydrogens is 280 g/mol. The Morgan fingerprint density at radius 1 is 1.27 bits per heavy atom. The molecule has 0 aromatic rings. The topological polar surface area (TPSA) is 69.6 Å². The molecule has 2 atom stereocenters. The zero-order valence-corrected chi connectivity index (χ0v) is 14.3. The molecule has 2 amide bonds. The minimum absolute atomic E-state index is 0.0960. The van der Waals surface area contributed by atoms with E-state index < -0.39 is 11.4 Å². The number of aliphatic carboxylic acids is 1. The highest BCUT2D eigenvalue weighted by Gasteiger charge is 2.55. The van der Waals surface area contributed by atoms with Gasteiger partial charge < -0.3 is 15.3 Å². The Labute approximate surface area is 133 Å². The van der Waals surface area contributed by atoms with Crippen LogP contribution in [0.15, 0.2) is 0 Å². The first-order valence-electron chi connectivity index (χ1n) is 8.54. The highest BCUT2D eigenvalue weighted by molar-refractivity contribution is 5.80. The van der Waals surface area contributed by atoms with Crippen LogP contribution < -0.4 is 5.32 Å². The number of carbonyl (C=O) groups is 2. The van der Waals surface area contributed by atoms with Crippen molar-refractivity contribution in [2.24, 2.45) is 29.1 Å². The average Bonchev–Trinajstić information content (AvgIpc) is 2.94. The second kappa shape index (κ2) is 6.47. The van der Waals surface area contributed by atoms with Gasteiger partial charge >= 0.3 is 12.0 Å². The molecule has 5 nitrogen and oxygen atoms in total. The van der Waals surface area contributed by atoms with Crippen molar-refractivity contribution in [3.05, 3.63) is 0 Å². The Morgan fingerprint density at radius 3 is 2.41 bits per heavy atom. The van der Waals surface area contributed by atoms with Crippen LogP contribution in [0.1, 0.15) is 47.0 Å². The monoisotopic (exact) mass is 310 g/mol. The van der Waals surface area contributed by atoms with Gasteiger partial charge in [-0.2, -0.15) is 0 Å². The molecule has 0 bridgehead atoms. The fraction of sp³-hybridized carbons (Fsp3) is 0.882. The van der Waals surface area contributed by atoms with Crippen LogP contribution >= 0.6 is 0 Å². The standard InChI is InChI=1S/C17H30N2O3/c1-11(2)14(12(3)4)8-18-16(22)19-9-13-6-5-7-17(13,10-19)15(20)21/h11-14H,5-10H2,1-4H3,(H,18,22)(H,20,21)/t13-,17+/m0/s1. The van der Waals surface area contributed by atoms with E-state index >= 15 is 0 Å². The van der Waals surface area contributed by atoms with Gasteiger partial charge in [-0.05, 0) is 36.5 Å². The van der Waals surface area contributed by atoms with Gasteiger partial charge in [0.1, 0.15) is 0 Å². The molecule has 0 unspecified atom stereocenters. The summed E-state index contributed by atoms with van der Waals surface area (Å²) in [6.45, 7) is 10.3. The molecule has 0 aromatic heterocycles. The molecule has 1 aliphatic heterocycles. The minimum atomic E-state index is -0.729. The van der Waals surface area contributed by atoms with Crippen molar-refractivity contribution < 1.29 is 14.7 Å². The largest absolute Gasteiger partial charge is 0.481 e. The number of nitrogens with one attached hydrogen (secondary N) is 1. The number of amides is 2. The van der Waals surface area contributed by atoms with E-state index in [0.717, 1.165) is 12.8 Å². The van der Waals surface area contributed by atoms with Crippen LogP contribution in [0.2, 0.25) is 0 Å². The van der Waals surface area contributed by atoms with E-state index in [1.165, 1.54) is 0 Å². The van der Waals surface area contributed by atoms with Crippen LogP contribution in [0.3, 0.4) is 0 Å². The highest BCUT2D eigenvalue weighted by Crippen LogP contribution is 2.48. The predicted octanol–water partition coefficient (Wildman–Crippen LogP) is 2.81. The lowest BCUT2D eigenvalue weighted by atomic mass is 9.81. The number of carboxylic acids is 1. The summed E-state index contributed by atoms with van der Waals surface area (Å²) in [6.07, 6.45) is 2.60. The zero-order chi connectivity index (χ0) is 16.5. The molecule has 1 saturated carbocycles. The highest BCUT2D eigenvalue weighted by atomic mass is 16.4. The van der Waals surface area contributed by atoms with E-state index in [1.54, 1.807) is 4.90 Å². The third kappa shape index (κ3) is 3.08. The maximum Gasteiger partial charge on any atom is 0.317 e. The first-order valence-corrected chi connectivity index (χ1v) is 8.54. The van der Waals surface area contributed by atoms with Crippen molar-refractivity contribution >= 4 is 12.0 Å². The molecule has 2 aliphatic rings. The SMILES string of the molecule is CC(C)C(CNC(=O)N1C[C@@H]2CCC[C@@]2(C(=O)O)C1)C(C)C. The smallest absolute Gasteiger partial charge is 0.317 e. The van der Waals surface area contributed by atoms with Crippen molar-refractivity contribution in [3.8, 4) is 0 Å². The first kappa shape index (κ1) is 17.1. The third-order valence-electron chi connectivity index (χ3n) is 5.79. The van der Waals surface area contributed by atoms with Crippen molar-refractivity contribution in [1.82, 2.24) is 10.2 Å². The molecule has 22 heavy (non-hydrogen) atoms. The van der Waals surface area contributed by atoms with Gasteiger partial charge in [-0.25, -0.2) is 4.79 Å². The summed E-state index contributed by atoms with van der Waals surface area (Å²) in [6, 6.07) is -0.0960. The van der Waals surface area contributed by atoms with Gasteiger partial charge in [0.05, 0.1) is 5.41 Å². The molecule has 126 valence electrons. The number of urea groups is 1. The van der Waals surface area contributed by atoms with E-state index in [4.69, 9.17) is 0 Å². The molecule has 2 rings (SSSR count). The Balaban J connectivity index is 1.94. The number of hydrogen-bond acceptors (Lipinski definition) is 2. The summed E-state index contributed by atoms with van der Waals surface area (Å²) in [5, 5.41) is 12.6. The molecule has 1 aliphatic carbocycles. The quantitative estimate of drug-likeness (QED) is 0.820. The van der Waals surface area contributed by atoms with Gasteiger partial charge in [0.25, 0.3) is 0 Å². The van der Waals surface area contributed by atoms with Gasteiger partial charge in [-0.3, -0.25) is 4.79 Å². The lowest BCUT2D eigenvalue weighted by Crippen LogP contribution is -2.44. The summed E-state index contributed by atoms with van der Waals surface area (Å²) >= 11 is 0. The van der Waals surface area contributed by atoms with Crippen molar-refractivity contribution in [3.63, 3.8) is 0 Å². The Bertz CT molecular complexity index is 428. The van der Waals surface area contributed by atoms with Crippen LogP contribution in [0.25, 0.3) is 0 Å². The molecule has 0 aromatic carbocycles. The normalized spacial score (nSPS) is 27.8. The summed E-state index contributed by atoms with van der Waals surface area (Å²) in [5.41, 5.74) is -0.688. The number of likely N-dealkylation sites (tertiary alicyclic amines) is 1. The summed E-state index contributed by atoms with van der Waals surface area (Å²) in [4.78, 5) is 25.8. The zero-order valence-electron chi connectivity index (χ0n) is 14.3. The molecule has 0 radical (unpaired) electrons. The number of fused-ring (bicyclic) bond motifs is 1. The maximum atomic E-state index is 12.4.